The zero-order valence-electron chi connectivity index (χ0n) is 5.54. The van der Waals surface area contributed by atoms with Crippen molar-refractivity contribution in [2.75, 3.05) is 13.2 Å². The lowest BCUT2D eigenvalue weighted by molar-refractivity contribution is -0.115. The molecule has 0 saturated heterocycles. The van der Waals surface area contributed by atoms with Crippen molar-refractivity contribution in [2.24, 2.45) is 0 Å². The molecule has 0 amide bonds. The van der Waals surface area contributed by atoms with Crippen molar-refractivity contribution in [3.8, 4) is 0 Å². The van der Waals surface area contributed by atoms with Crippen LogP contribution in [0.3, 0.4) is 0 Å². The smallest absolute Gasteiger partial charge is 0.148 e. The predicted octanol–water partition coefficient (Wildman–Crippen LogP) is -0.0272. The van der Waals surface area contributed by atoms with E-state index >= 15 is 0 Å². The molecular weight excluding hydrogens is 120 g/mol. The Balaban J connectivity index is 2.96. The number of hydrogen-bond donors (Lipinski definition) is 1. The Labute approximate surface area is 54.6 Å². The van der Waals surface area contributed by atoms with E-state index in [1.54, 1.807) is 0 Å². The molecule has 1 unspecified atom stereocenters. The average molecular weight is 132 g/mol. The standard InChI is InChI=1S/C6H12O3/c1-2-9-4-3-6(8)5-7/h5-6,8H,2-4H2,1H3. The number of aldehydes is 1. The van der Waals surface area contributed by atoms with Crippen LogP contribution in [0.2, 0.25) is 0 Å². The lowest BCUT2D eigenvalue weighted by atomic mass is 10.3. The normalized spacial score (nSPS) is 13.1. The van der Waals surface area contributed by atoms with Crippen LogP contribution in [0.4, 0.5) is 0 Å². The highest BCUT2D eigenvalue weighted by Gasteiger charge is 1.98. The number of ether oxygens (including phenoxy) is 1. The number of hydrogen-bond acceptors (Lipinski definition) is 3. The zero-order chi connectivity index (χ0) is 7.11. The van der Waals surface area contributed by atoms with Crippen LogP contribution in [-0.2, 0) is 9.53 Å². The number of aliphatic hydroxyl groups is 1. The highest BCUT2D eigenvalue weighted by Crippen LogP contribution is 1.87. The van der Waals surface area contributed by atoms with Crippen molar-refractivity contribution < 1.29 is 14.6 Å². The molecule has 0 aromatic heterocycles. The van der Waals surface area contributed by atoms with Gasteiger partial charge in [-0.2, -0.15) is 0 Å². The van der Waals surface area contributed by atoms with Crippen molar-refractivity contribution in [3.05, 3.63) is 0 Å². The van der Waals surface area contributed by atoms with Gasteiger partial charge in [0.05, 0.1) is 0 Å². The fourth-order valence-electron chi connectivity index (χ4n) is 0.416. The maximum atomic E-state index is 9.79. The second-order valence-electron chi connectivity index (χ2n) is 1.69. The SMILES string of the molecule is CCOCCC(O)C=O. The molecule has 0 spiro atoms. The van der Waals surface area contributed by atoms with E-state index in [0.29, 0.717) is 25.9 Å². The first-order valence-corrected chi connectivity index (χ1v) is 3.02. The fraction of sp³-hybridized carbons (Fsp3) is 0.833. The molecule has 0 aromatic carbocycles. The maximum Gasteiger partial charge on any atom is 0.148 e. The molecule has 0 aliphatic carbocycles. The summed E-state index contributed by atoms with van der Waals surface area (Å²) in [7, 11) is 0. The van der Waals surface area contributed by atoms with Gasteiger partial charge in [0.25, 0.3) is 0 Å². The number of carbonyl (C=O) groups is 1. The summed E-state index contributed by atoms with van der Waals surface area (Å²) in [6.45, 7) is 2.95. The Kier molecular flexibility index (Phi) is 5.46. The van der Waals surface area contributed by atoms with Gasteiger partial charge in [0, 0.05) is 19.6 Å². The van der Waals surface area contributed by atoms with Crippen LogP contribution >= 0.6 is 0 Å². The van der Waals surface area contributed by atoms with E-state index in [9.17, 15) is 4.79 Å². The molecule has 3 heteroatoms. The van der Waals surface area contributed by atoms with E-state index < -0.39 is 6.10 Å². The predicted molar refractivity (Wildman–Crippen MR) is 33.2 cm³/mol. The van der Waals surface area contributed by atoms with Crippen molar-refractivity contribution in [3.63, 3.8) is 0 Å². The Morgan fingerprint density at radius 2 is 2.44 bits per heavy atom. The summed E-state index contributed by atoms with van der Waals surface area (Å²) in [6.07, 6.45) is 0.0626. The third kappa shape index (κ3) is 5.46. The molecular formula is C6H12O3. The minimum absolute atomic E-state index is 0.400. The largest absolute Gasteiger partial charge is 0.386 e. The first-order valence-electron chi connectivity index (χ1n) is 3.02. The van der Waals surface area contributed by atoms with Gasteiger partial charge in [-0.1, -0.05) is 0 Å². The molecule has 0 saturated carbocycles. The van der Waals surface area contributed by atoms with Gasteiger partial charge in [-0.05, 0) is 6.92 Å². The molecule has 0 aliphatic heterocycles. The molecule has 0 bridgehead atoms. The van der Waals surface area contributed by atoms with Gasteiger partial charge in [0.1, 0.15) is 12.4 Å². The monoisotopic (exact) mass is 132 g/mol. The summed E-state index contributed by atoms with van der Waals surface area (Å²) in [5, 5.41) is 8.64. The minimum atomic E-state index is -0.850. The van der Waals surface area contributed by atoms with Crippen molar-refractivity contribution in [1.29, 1.82) is 0 Å². The van der Waals surface area contributed by atoms with Gasteiger partial charge in [-0.3, -0.25) is 0 Å². The summed E-state index contributed by atoms with van der Waals surface area (Å²) in [5.74, 6) is 0. The van der Waals surface area contributed by atoms with Gasteiger partial charge in [0.15, 0.2) is 0 Å². The zero-order valence-corrected chi connectivity index (χ0v) is 5.54. The van der Waals surface area contributed by atoms with E-state index in [0.717, 1.165) is 0 Å². The Morgan fingerprint density at radius 1 is 1.78 bits per heavy atom. The molecule has 0 aromatic rings. The van der Waals surface area contributed by atoms with Crippen molar-refractivity contribution in [2.45, 2.75) is 19.4 Å². The van der Waals surface area contributed by atoms with Gasteiger partial charge in [0.2, 0.25) is 0 Å². The molecule has 0 heterocycles. The number of aliphatic hydroxyl groups excluding tert-OH is 1. The van der Waals surface area contributed by atoms with Gasteiger partial charge in [-0.15, -0.1) is 0 Å². The summed E-state index contributed by atoms with van der Waals surface area (Å²) in [4.78, 5) is 9.79. The maximum absolute atomic E-state index is 9.79. The summed E-state index contributed by atoms with van der Waals surface area (Å²) < 4.78 is 4.89. The van der Waals surface area contributed by atoms with Crippen LogP contribution in [0, 0.1) is 0 Å². The van der Waals surface area contributed by atoms with Gasteiger partial charge in [-0.25, -0.2) is 0 Å². The molecule has 0 fully saturated rings. The van der Waals surface area contributed by atoms with Crippen LogP contribution in [0.15, 0.2) is 0 Å². The molecule has 1 N–H and O–H groups in total. The molecule has 0 radical (unpaired) electrons. The van der Waals surface area contributed by atoms with Gasteiger partial charge < -0.3 is 14.6 Å². The Morgan fingerprint density at radius 3 is 2.89 bits per heavy atom. The second-order valence-corrected chi connectivity index (χ2v) is 1.69. The van der Waals surface area contributed by atoms with Crippen LogP contribution < -0.4 is 0 Å². The van der Waals surface area contributed by atoms with E-state index in [2.05, 4.69) is 0 Å². The molecule has 9 heavy (non-hydrogen) atoms. The Hall–Kier alpha value is -0.410. The first kappa shape index (κ1) is 8.59. The molecule has 3 nitrogen and oxygen atoms in total. The van der Waals surface area contributed by atoms with Crippen LogP contribution in [-0.4, -0.2) is 30.7 Å². The van der Waals surface area contributed by atoms with Crippen LogP contribution in [0.1, 0.15) is 13.3 Å². The average Bonchev–Trinajstić information content (AvgIpc) is 1.89. The van der Waals surface area contributed by atoms with E-state index in [1.807, 2.05) is 6.92 Å². The molecule has 0 aliphatic rings. The molecule has 0 rings (SSSR count). The van der Waals surface area contributed by atoms with Crippen molar-refractivity contribution >= 4 is 6.29 Å². The van der Waals surface area contributed by atoms with Crippen LogP contribution in [0.25, 0.3) is 0 Å². The van der Waals surface area contributed by atoms with E-state index in [4.69, 9.17) is 9.84 Å². The first-order chi connectivity index (χ1) is 4.31. The van der Waals surface area contributed by atoms with E-state index in [-0.39, 0.29) is 0 Å². The number of carbonyl (C=O) groups excluding carboxylic acids is 1. The second kappa shape index (κ2) is 5.72. The molecule has 1 atom stereocenters. The lowest BCUT2D eigenvalue weighted by Crippen LogP contribution is -2.11. The van der Waals surface area contributed by atoms with Crippen LogP contribution in [0.5, 0.6) is 0 Å². The fourth-order valence-corrected chi connectivity index (χ4v) is 0.416. The summed E-state index contributed by atoms with van der Waals surface area (Å²) in [5.41, 5.74) is 0. The van der Waals surface area contributed by atoms with Crippen molar-refractivity contribution in [1.82, 2.24) is 0 Å². The highest BCUT2D eigenvalue weighted by molar-refractivity contribution is 5.55. The minimum Gasteiger partial charge on any atom is -0.386 e. The summed E-state index contributed by atoms with van der Waals surface area (Å²) in [6, 6.07) is 0. The lowest BCUT2D eigenvalue weighted by Gasteiger charge is -2.00. The third-order valence-corrected chi connectivity index (χ3v) is 0.919. The quantitative estimate of drug-likeness (QED) is 0.422. The molecule has 54 valence electrons. The topological polar surface area (TPSA) is 46.5 Å². The highest BCUT2D eigenvalue weighted by atomic mass is 16.5. The summed E-state index contributed by atoms with van der Waals surface area (Å²) >= 11 is 0. The van der Waals surface area contributed by atoms with Gasteiger partial charge >= 0.3 is 0 Å². The Bertz CT molecular complexity index is 72.7. The van der Waals surface area contributed by atoms with E-state index in [1.165, 1.54) is 0 Å². The third-order valence-electron chi connectivity index (χ3n) is 0.919. The number of rotatable bonds is 5.